The van der Waals surface area contributed by atoms with Crippen molar-refractivity contribution in [2.24, 2.45) is 5.92 Å². The number of benzene rings is 2. The molecule has 2 aromatic carbocycles. The Morgan fingerprint density at radius 2 is 1.85 bits per heavy atom. The summed E-state index contributed by atoms with van der Waals surface area (Å²) in [4.78, 5) is 41.6. The van der Waals surface area contributed by atoms with E-state index >= 15 is 0 Å². The SMILES string of the molecule is CCOC(=O)C1CCCN(C(=O)c2ccc(NC3c4ccccc4C(=O)N3C(C)C)cc2)C1. The fourth-order valence-corrected chi connectivity index (χ4v) is 4.68. The van der Waals surface area contributed by atoms with Gasteiger partial charge in [-0.1, -0.05) is 18.2 Å². The largest absolute Gasteiger partial charge is 0.466 e. The van der Waals surface area contributed by atoms with Gasteiger partial charge in [-0.2, -0.15) is 0 Å². The molecule has 2 amide bonds. The molecule has 2 aliphatic heterocycles. The first-order chi connectivity index (χ1) is 15.9. The summed E-state index contributed by atoms with van der Waals surface area (Å²) in [5.74, 6) is -0.548. The standard InChI is InChI=1S/C26H31N3O4/c1-4-33-26(32)19-8-7-15-28(16-19)24(30)18-11-13-20(14-12-18)27-23-21-9-5-6-10-22(21)25(31)29(23)17(2)3/h5-6,9-14,17,19,23,27H,4,7-8,15-16H2,1-3H3. The van der Waals surface area contributed by atoms with E-state index in [9.17, 15) is 14.4 Å². The molecule has 0 spiro atoms. The molecule has 4 rings (SSSR count). The molecule has 2 aromatic rings. The van der Waals surface area contributed by atoms with Gasteiger partial charge >= 0.3 is 5.97 Å². The number of nitrogens with one attached hydrogen (secondary N) is 1. The van der Waals surface area contributed by atoms with Gasteiger partial charge in [0, 0.05) is 41.5 Å². The molecule has 7 nitrogen and oxygen atoms in total. The Kier molecular flexibility index (Phi) is 6.67. The van der Waals surface area contributed by atoms with Gasteiger partial charge in [0.2, 0.25) is 0 Å². The summed E-state index contributed by atoms with van der Waals surface area (Å²) in [6.07, 6.45) is 1.27. The second kappa shape index (κ2) is 9.65. The topological polar surface area (TPSA) is 79.0 Å². The molecule has 1 N–H and O–H groups in total. The Hall–Kier alpha value is -3.35. The molecule has 1 saturated heterocycles. The number of amides is 2. The lowest BCUT2D eigenvalue weighted by atomic mass is 9.97. The molecule has 0 radical (unpaired) electrons. The molecular weight excluding hydrogens is 418 g/mol. The summed E-state index contributed by atoms with van der Waals surface area (Å²) >= 11 is 0. The fraction of sp³-hybridized carbons (Fsp3) is 0.423. The first-order valence-corrected chi connectivity index (χ1v) is 11.6. The van der Waals surface area contributed by atoms with Crippen LogP contribution in [0.3, 0.4) is 0 Å². The number of anilines is 1. The van der Waals surface area contributed by atoms with Crippen LogP contribution in [0, 0.1) is 5.92 Å². The molecule has 174 valence electrons. The molecule has 0 aromatic heterocycles. The average molecular weight is 450 g/mol. The van der Waals surface area contributed by atoms with Crippen LogP contribution < -0.4 is 5.32 Å². The van der Waals surface area contributed by atoms with Crippen LogP contribution in [-0.4, -0.2) is 53.3 Å². The van der Waals surface area contributed by atoms with Crippen LogP contribution in [0.25, 0.3) is 0 Å². The predicted octanol–water partition coefficient (Wildman–Crippen LogP) is 4.08. The number of carbonyl (C=O) groups excluding carboxylic acids is 3. The van der Waals surface area contributed by atoms with Gasteiger partial charge in [0.1, 0.15) is 6.17 Å². The van der Waals surface area contributed by atoms with E-state index in [0.29, 0.717) is 25.3 Å². The Balaban J connectivity index is 1.47. The van der Waals surface area contributed by atoms with Gasteiger partial charge in [0.05, 0.1) is 12.5 Å². The van der Waals surface area contributed by atoms with Crippen LogP contribution >= 0.6 is 0 Å². The molecule has 2 atom stereocenters. The van der Waals surface area contributed by atoms with Gasteiger partial charge in [0.25, 0.3) is 11.8 Å². The molecule has 0 aliphatic carbocycles. The lowest BCUT2D eigenvalue weighted by molar-refractivity contribution is -0.149. The normalized spacial score (nSPS) is 20.1. The van der Waals surface area contributed by atoms with Crippen LogP contribution in [0.15, 0.2) is 48.5 Å². The van der Waals surface area contributed by atoms with Gasteiger partial charge in [0.15, 0.2) is 0 Å². The highest BCUT2D eigenvalue weighted by molar-refractivity contribution is 6.00. The van der Waals surface area contributed by atoms with Crippen molar-refractivity contribution < 1.29 is 19.1 Å². The van der Waals surface area contributed by atoms with Crippen molar-refractivity contribution in [3.05, 3.63) is 65.2 Å². The molecule has 2 heterocycles. The number of nitrogens with zero attached hydrogens (tertiary/aromatic N) is 2. The average Bonchev–Trinajstić information content (AvgIpc) is 3.11. The van der Waals surface area contributed by atoms with Crippen molar-refractivity contribution in [1.82, 2.24) is 9.80 Å². The van der Waals surface area contributed by atoms with Crippen LogP contribution in [0.1, 0.15) is 66.1 Å². The van der Waals surface area contributed by atoms with Crippen LogP contribution in [0.4, 0.5) is 5.69 Å². The van der Waals surface area contributed by atoms with E-state index in [2.05, 4.69) is 5.32 Å². The van der Waals surface area contributed by atoms with Gasteiger partial charge in [-0.25, -0.2) is 0 Å². The van der Waals surface area contributed by atoms with E-state index in [-0.39, 0.29) is 35.9 Å². The number of hydrogen-bond donors (Lipinski definition) is 1. The third-order valence-electron chi connectivity index (χ3n) is 6.32. The quantitative estimate of drug-likeness (QED) is 0.673. The van der Waals surface area contributed by atoms with E-state index in [1.54, 1.807) is 24.0 Å². The molecule has 1 fully saturated rings. The molecule has 2 unspecified atom stereocenters. The van der Waals surface area contributed by atoms with Gasteiger partial charge in [-0.3, -0.25) is 14.4 Å². The van der Waals surface area contributed by atoms with Crippen molar-refractivity contribution >= 4 is 23.5 Å². The Morgan fingerprint density at radius 1 is 1.12 bits per heavy atom. The van der Waals surface area contributed by atoms with E-state index in [1.165, 1.54) is 0 Å². The summed E-state index contributed by atoms with van der Waals surface area (Å²) in [5, 5.41) is 3.46. The van der Waals surface area contributed by atoms with Gasteiger partial charge in [-0.05, 0) is 63.9 Å². The minimum absolute atomic E-state index is 0.0196. The van der Waals surface area contributed by atoms with Crippen LogP contribution in [-0.2, 0) is 9.53 Å². The van der Waals surface area contributed by atoms with E-state index < -0.39 is 0 Å². The lowest BCUT2D eigenvalue weighted by Gasteiger charge is -2.32. The summed E-state index contributed by atoms with van der Waals surface area (Å²) in [7, 11) is 0. The molecule has 0 bridgehead atoms. The second-order valence-electron chi connectivity index (χ2n) is 8.86. The minimum atomic E-state index is -0.261. The minimum Gasteiger partial charge on any atom is -0.466 e. The highest BCUT2D eigenvalue weighted by atomic mass is 16.5. The lowest BCUT2D eigenvalue weighted by Crippen LogP contribution is -2.42. The summed E-state index contributed by atoms with van der Waals surface area (Å²) in [6, 6.07) is 15.0. The number of fused-ring (bicyclic) bond motifs is 1. The Morgan fingerprint density at radius 3 is 2.55 bits per heavy atom. The predicted molar refractivity (Wildman–Crippen MR) is 126 cm³/mol. The zero-order valence-corrected chi connectivity index (χ0v) is 19.4. The Bertz CT molecular complexity index is 1030. The summed E-state index contributed by atoms with van der Waals surface area (Å²) < 4.78 is 5.14. The monoisotopic (exact) mass is 449 g/mol. The number of likely N-dealkylation sites (tertiary alicyclic amines) is 1. The number of rotatable bonds is 6. The van der Waals surface area contributed by atoms with Crippen molar-refractivity contribution in [2.45, 2.75) is 45.8 Å². The molecular formula is C26H31N3O4. The van der Waals surface area contributed by atoms with Crippen LogP contribution in [0.5, 0.6) is 0 Å². The number of carbonyl (C=O) groups is 3. The highest BCUT2D eigenvalue weighted by Gasteiger charge is 2.38. The number of esters is 1. The molecule has 0 saturated carbocycles. The maximum absolute atomic E-state index is 13.0. The molecule has 33 heavy (non-hydrogen) atoms. The van der Waals surface area contributed by atoms with E-state index in [4.69, 9.17) is 4.74 Å². The highest BCUT2D eigenvalue weighted by Crippen LogP contribution is 2.35. The smallest absolute Gasteiger partial charge is 0.310 e. The van der Waals surface area contributed by atoms with Crippen molar-refractivity contribution in [3.8, 4) is 0 Å². The first-order valence-electron chi connectivity index (χ1n) is 11.6. The second-order valence-corrected chi connectivity index (χ2v) is 8.86. The third-order valence-corrected chi connectivity index (χ3v) is 6.32. The van der Waals surface area contributed by atoms with E-state index in [1.807, 2.05) is 55.1 Å². The number of hydrogen-bond acceptors (Lipinski definition) is 5. The van der Waals surface area contributed by atoms with Gasteiger partial charge < -0.3 is 19.9 Å². The molecule has 7 heteroatoms. The zero-order chi connectivity index (χ0) is 23.5. The first kappa shape index (κ1) is 22.8. The molecule has 2 aliphatic rings. The zero-order valence-electron chi connectivity index (χ0n) is 19.4. The van der Waals surface area contributed by atoms with Crippen molar-refractivity contribution in [2.75, 3.05) is 25.0 Å². The Labute approximate surface area is 194 Å². The third kappa shape index (κ3) is 4.58. The van der Waals surface area contributed by atoms with Gasteiger partial charge in [-0.15, -0.1) is 0 Å². The van der Waals surface area contributed by atoms with E-state index in [0.717, 1.165) is 29.7 Å². The van der Waals surface area contributed by atoms with Crippen molar-refractivity contribution in [1.29, 1.82) is 0 Å². The number of ether oxygens (including phenoxy) is 1. The maximum atomic E-state index is 13.0. The summed E-state index contributed by atoms with van der Waals surface area (Å²) in [6.45, 7) is 7.18. The summed E-state index contributed by atoms with van der Waals surface area (Å²) in [5.41, 5.74) is 3.08. The van der Waals surface area contributed by atoms with Crippen LogP contribution in [0.2, 0.25) is 0 Å². The fourth-order valence-electron chi connectivity index (χ4n) is 4.68. The number of piperidine rings is 1. The maximum Gasteiger partial charge on any atom is 0.310 e. The van der Waals surface area contributed by atoms with Crippen molar-refractivity contribution in [3.63, 3.8) is 0 Å².